The summed E-state index contributed by atoms with van der Waals surface area (Å²) in [5.74, 6) is 1.85. The molecule has 0 atom stereocenters. The molecule has 0 aliphatic heterocycles. The van der Waals surface area contributed by atoms with Crippen molar-refractivity contribution in [2.24, 2.45) is 0 Å². The molecule has 0 unspecified atom stereocenters. The van der Waals surface area contributed by atoms with Gasteiger partial charge in [0.2, 0.25) is 0 Å². The fourth-order valence-electron chi connectivity index (χ4n) is 6.35. The molecule has 0 aliphatic rings. The summed E-state index contributed by atoms with van der Waals surface area (Å²) in [4.78, 5) is 14.8. The Morgan fingerprint density at radius 3 is 1.57 bits per heavy atom. The van der Waals surface area contributed by atoms with Crippen molar-refractivity contribution < 1.29 is 4.42 Å². The minimum atomic E-state index is 0.601. The van der Waals surface area contributed by atoms with Crippen LogP contribution in [0.1, 0.15) is 0 Å². The Morgan fingerprint density at radius 1 is 0.319 bits per heavy atom. The lowest BCUT2D eigenvalue weighted by Crippen LogP contribution is -2.00. The van der Waals surface area contributed by atoms with Crippen LogP contribution in [0.25, 0.3) is 89.1 Å². The van der Waals surface area contributed by atoms with E-state index in [0.717, 1.165) is 49.8 Å². The number of fused-ring (bicyclic) bond motifs is 4. The van der Waals surface area contributed by atoms with Crippen LogP contribution in [-0.4, -0.2) is 15.0 Å². The van der Waals surface area contributed by atoms with Crippen molar-refractivity contribution in [1.29, 1.82) is 0 Å². The molecule has 0 aliphatic carbocycles. The molecule has 0 radical (unpaired) electrons. The molecular weight excluding hydrogens is 574 g/mol. The van der Waals surface area contributed by atoms with Gasteiger partial charge in [-0.05, 0) is 51.2 Å². The van der Waals surface area contributed by atoms with E-state index in [9.17, 15) is 0 Å². The Kier molecular flexibility index (Phi) is 6.43. The highest BCUT2D eigenvalue weighted by molar-refractivity contribution is 6.05. The summed E-state index contributed by atoms with van der Waals surface area (Å²) >= 11 is 0. The highest BCUT2D eigenvalue weighted by Gasteiger charge is 2.15. The van der Waals surface area contributed by atoms with E-state index < -0.39 is 0 Å². The predicted molar refractivity (Wildman–Crippen MR) is 192 cm³/mol. The molecular formula is C43H27N3O. The van der Waals surface area contributed by atoms with Crippen LogP contribution >= 0.6 is 0 Å². The molecule has 2 aromatic heterocycles. The third-order valence-electron chi connectivity index (χ3n) is 8.77. The van der Waals surface area contributed by atoms with E-state index in [1.165, 1.54) is 21.9 Å². The van der Waals surface area contributed by atoms with Gasteiger partial charge in [-0.25, -0.2) is 15.0 Å². The second kappa shape index (κ2) is 11.2. The average molecular weight is 602 g/mol. The van der Waals surface area contributed by atoms with Gasteiger partial charge in [0.05, 0.1) is 0 Å². The van der Waals surface area contributed by atoms with E-state index in [1.54, 1.807) is 0 Å². The Labute approximate surface area is 271 Å². The van der Waals surface area contributed by atoms with Crippen LogP contribution in [0.4, 0.5) is 0 Å². The number of furan rings is 1. The van der Waals surface area contributed by atoms with Crippen LogP contribution in [0, 0.1) is 0 Å². The standard InChI is InChI=1S/C43H27N3O/c1-2-10-32(11-3-1)41-44-42(46-43(45-41)34-25-26-38-37-14-6-7-16-39(37)47-40(38)27-34)33-23-19-29(20-24-33)28-17-21-31(22-18-28)36-15-8-12-30-9-4-5-13-35(30)36/h1-27H. The molecule has 7 aromatic carbocycles. The van der Waals surface area contributed by atoms with E-state index in [2.05, 4.69) is 109 Å². The van der Waals surface area contributed by atoms with Gasteiger partial charge in [0.25, 0.3) is 0 Å². The van der Waals surface area contributed by atoms with Crippen molar-refractivity contribution >= 4 is 32.7 Å². The summed E-state index contributed by atoms with van der Waals surface area (Å²) in [5.41, 5.74) is 9.13. The normalized spacial score (nSPS) is 11.4. The summed E-state index contributed by atoms with van der Waals surface area (Å²) in [6.45, 7) is 0. The van der Waals surface area contributed by atoms with E-state index in [0.29, 0.717) is 17.5 Å². The number of rotatable bonds is 5. The molecule has 4 heteroatoms. The highest BCUT2D eigenvalue weighted by atomic mass is 16.3. The molecule has 4 nitrogen and oxygen atoms in total. The van der Waals surface area contributed by atoms with Crippen molar-refractivity contribution in [1.82, 2.24) is 15.0 Å². The van der Waals surface area contributed by atoms with Gasteiger partial charge in [-0.1, -0.05) is 146 Å². The predicted octanol–water partition coefficient (Wildman–Crippen LogP) is 11.3. The average Bonchev–Trinajstić information content (AvgIpc) is 3.53. The number of benzene rings is 7. The molecule has 0 bridgehead atoms. The van der Waals surface area contributed by atoms with Crippen LogP contribution in [-0.2, 0) is 0 Å². The van der Waals surface area contributed by atoms with Gasteiger partial charge in [0.15, 0.2) is 17.5 Å². The van der Waals surface area contributed by atoms with Gasteiger partial charge in [0.1, 0.15) is 11.2 Å². The number of para-hydroxylation sites is 1. The second-order valence-electron chi connectivity index (χ2n) is 11.7. The van der Waals surface area contributed by atoms with Gasteiger partial charge < -0.3 is 4.42 Å². The first-order chi connectivity index (χ1) is 23.3. The topological polar surface area (TPSA) is 51.8 Å². The maximum Gasteiger partial charge on any atom is 0.164 e. The fraction of sp³-hybridized carbons (Fsp3) is 0. The molecule has 2 heterocycles. The van der Waals surface area contributed by atoms with E-state index in [4.69, 9.17) is 19.4 Å². The molecule has 0 saturated heterocycles. The molecule has 0 fully saturated rings. The largest absolute Gasteiger partial charge is 0.456 e. The zero-order valence-corrected chi connectivity index (χ0v) is 25.3. The number of hydrogen-bond donors (Lipinski definition) is 0. The molecule has 220 valence electrons. The zero-order chi connectivity index (χ0) is 31.2. The first-order valence-corrected chi connectivity index (χ1v) is 15.7. The van der Waals surface area contributed by atoms with Crippen LogP contribution in [0.2, 0.25) is 0 Å². The Balaban J connectivity index is 1.08. The zero-order valence-electron chi connectivity index (χ0n) is 25.3. The minimum absolute atomic E-state index is 0.601. The molecule has 0 N–H and O–H groups in total. The van der Waals surface area contributed by atoms with Crippen LogP contribution in [0.15, 0.2) is 168 Å². The van der Waals surface area contributed by atoms with Crippen molar-refractivity contribution in [2.75, 3.05) is 0 Å². The SMILES string of the molecule is c1ccc(-c2nc(-c3ccc(-c4ccc(-c5cccc6ccccc56)cc4)cc3)nc(-c3ccc4c(c3)oc3ccccc34)n2)cc1. The first kappa shape index (κ1) is 27.0. The molecule has 0 saturated carbocycles. The van der Waals surface area contributed by atoms with E-state index >= 15 is 0 Å². The molecule has 0 amide bonds. The summed E-state index contributed by atoms with van der Waals surface area (Å²) < 4.78 is 6.18. The van der Waals surface area contributed by atoms with E-state index in [-0.39, 0.29) is 0 Å². The molecule has 47 heavy (non-hydrogen) atoms. The van der Waals surface area contributed by atoms with Crippen molar-refractivity contribution in [3.8, 4) is 56.4 Å². The Bertz CT molecular complexity index is 2550. The summed E-state index contributed by atoms with van der Waals surface area (Å²) in [6, 6.07) is 56.5. The minimum Gasteiger partial charge on any atom is -0.456 e. The van der Waals surface area contributed by atoms with Crippen molar-refractivity contribution in [2.45, 2.75) is 0 Å². The Morgan fingerprint density at radius 2 is 0.830 bits per heavy atom. The first-order valence-electron chi connectivity index (χ1n) is 15.7. The van der Waals surface area contributed by atoms with Gasteiger partial charge in [-0.15, -0.1) is 0 Å². The van der Waals surface area contributed by atoms with Gasteiger partial charge in [-0.2, -0.15) is 0 Å². The van der Waals surface area contributed by atoms with Gasteiger partial charge in [0, 0.05) is 27.5 Å². The number of aromatic nitrogens is 3. The van der Waals surface area contributed by atoms with Crippen molar-refractivity contribution in [3.05, 3.63) is 164 Å². The fourth-order valence-corrected chi connectivity index (χ4v) is 6.35. The van der Waals surface area contributed by atoms with Crippen LogP contribution in [0.5, 0.6) is 0 Å². The van der Waals surface area contributed by atoms with Gasteiger partial charge in [-0.3, -0.25) is 0 Å². The lowest BCUT2D eigenvalue weighted by molar-refractivity contribution is 0.669. The quantitative estimate of drug-likeness (QED) is 0.197. The number of nitrogens with zero attached hydrogens (tertiary/aromatic N) is 3. The highest BCUT2D eigenvalue weighted by Crippen LogP contribution is 2.34. The summed E-state index contributed by atoms with van der Waals surface area (Å²) in [5, 5.41) is 4.68. The molecule has 9 rings (SSSR count). The van der Waals surface area contributed by atoms with Crippen molar-refractivity contribution in [3.63, 3.8) is 0 Å². The van der Waals surface area contributed by atoms with Crippen LogP contribution in [0.3, 0.4) is 0 Å². The van der Waals surface area contributed by atoms with E-state index in [1.807, 2.05) is 54.6 Å². The lowest BCUT2D eigenvalue weighted by Gasteiger charge is -2.10. The van der Waals surface area contributed by atoms with Gasteiger partial charge >= 0.3 is 0 Å². The maximum atomic E-state index is 6.18. The summed E-state index contributed by atoms with van der Waals surface area (Å²) in [6.07, 6.45) is 0. The third kappa shape index (κ3) is 4.93. The smallest absolute Gasteiger partial charge is 0.164 e. The second-order valence-corrected chi connectivity index (χ2v) is 11.7. The number of hydrogen-bond acceptors (Lipinski definition) is 4. The molecule has 9 aromatic rings. The Hall–Kier alpha value is -6.39. The lowest BCUT2D eigenvalue weighted by atomic mass is 9.96. The maximum absolute atomic E-state index is 6.18. The third-order valence-corrected chi connectivity index (χ3v) is 8.77. The molecule has 0 spiro atoms. The van der Waals surface area contributed by atoms with Crippen LogP contribution < -0.4 is 0 Å². The summed E-state index contributed by atoms with van der Waals surface area (Å²) in [7, 11) is 0. The monoisotopic (exact) mass is 601 g/mol.